The van der Waals surface area contributed by atoms with Gasteiger partial charge < -0.3 is 15.3 Å². The molecule has 1 aliphatic heterocycles. The van der Waals surface area contributed by atoms with E-state index in [2.05, 4.69) is 34.4 Å². The maximum Gasteiger partial charge on any atom is 0.323 e. The largest absolute Gasteiger partial charge is 0.396 e. The Bertz CT molecular complexity index is 752. The van der Waals surface area contributed by atoms with Gasteiger partial charge in [-0.3, -0.25) is 10.1 Å². The van der Waals surface area contributed by atoms with Crippen molar-refractivity contribution >= 4 is 28.1 Å². The molecule has 25 heavy (non-hydrogen) atoms. The molecule has 0 saturated carbocycles. The van der Waals surface area contributed by atoms with Gasteiger partial charge in [-0.05, 0) is 41.1 Å². The number of nitro groups is 1. The summed E-state index contributed by atoms with van der Waals surface area (Å²) >= 11 is 0. The first-order valence-corrected chi connectivity index (χ1v) is 8.54. The molecule has 0 radical (unpaired) electrons. The third-order valence-corrected chi connectivity index (χ3v) is 4.53. The Hall–Kier alpha value is -2.42. The van der Waals surface area contributed by atoms with E-state index in [0.29, 0.717) is 36.0 Å². The van der Waals surface area contributed by atoms with Crippen LogP contribution in [0.4, 0.5) is 17.1 Å². The highest BCUT2D eigenvalue weighted by atomic mass is 16.6. The molecule has 1 fully saturated rings. The second-order valence-electron chi connectivity index (χ2n) is 6.87. The van der Waals surface area contributed by atoms with Crippen LogP contribution < -0.4 is 10.2 Å². The number of rotatable bonds is 6. The maximum atomic E-state index is 11.6. The van der Waals surface area contributed by atoms with Crippen LogP contribution in [0.1, 0.15) is 26.7 Å². The molecule has 0 aliphatic carbocycles. The molecular formula is C16H23N5O4. The first-order valence-electron chi connectivity index (χ1n) is 8.54. The van der Waals surface area contributed by atoms with Gasteiger partial charge >= 0.3 is 5.69 Å². The first-order chi connectivity index (χ1) is 12.0. The van der Waals surface area contributed by atoms with Crippen molar-refractivity contribution in [3.05, 3.63) is 16.2 Å². The number of benzene rings is 1. The normalized spacial score (nSPS) is 20.8. The molecule has 9 heteroatoms. The quantitative estimate of drug-likeness (QED) is 0.464. The SMILES string of the molecule is C[C@@H]1C[C@@H](C)CN(c2cc(NCCCO)c([N+](=O)[O-])c3nonc23)C1. The average molecular weight is 349 g/mol. The second kappa shape index (κ2) is 7.22. The van der Waals surface area contributed by atoms with Crippen LogP contribution in [0.25, 0.3) is 11.0 Å². The molecule has 1 aliphatic rings. The van der Waals surface area contributed by atoms with Crippen LogP contribution in [-0.4, -0.2) is 46.6 Å². The highest BCUT2D eigenvalue weighted by Gasteiger charge is 2.30. The van der Waals surface area contributed by atoms with Crippen molar-refractivity contribution < 1.29 is 14.7 Å². The lowest BCUT2D eigenvalue weighted by Gasteiger charge is -2.36. The summed E-state index contributed by atoms with van der Waals surface area (Å²) in [5.74, 6) is 1.05. The van der Waals surface area contributed by atoms with Crippen LogP contribution in [0.3, 0.4) is 0 Å². The molecule has 0 bridgehead atoms. The Balaban J connectivity index is 2.07. The molecule has 1 aromatic carbocycles. The van der Waals surface area contributed by atoms with Gasteiger partial charge in [-0.2, -0.15) is 0 Å². The molecule has 1 aromatic heterocycles. The van der Waals surface area contributed by atoms with E-state index in [4.69, 9.17) is 9.74 Å². The monoisotopic (exact) mass is 349 g/mol. The highest BCUT2D eigenvalue weighted by molar-refractivity contribution is 5.99. The number of nitrogens with zero attached hydrogens (tertiary/aromatic N) is 4. The number of anilines is 2. The first kappa shape index (κ1) is 17.4. The summed E-state index contributed by atoms with van der Waals surface area (Å²) in [5, 5.41) is 31.3. The summed E-state index contributed by atoms with van der Waals surface area (Å²) in [6.07, 6.45) is 1.66. The molecule has 2 heterocycles. The van der Waals surface area contributed by atoms with Crippen molar-refractivity contribution in [2.75, 3.05) is 36.5 Å². The van der Waals surface area contributed by atoms with E-state index in [1.54, 1.807) is 6.07 Å². The van der Waals surface area contributed by atoms with E-state index >= 15 is 0 Å². The number of hydrogen-bond acceptors (Lipinski definition) is 8. The Morgan fingerprint density at radius 3 is 2.68 bits per heavy atom. The molecule has 0 amide bonds. The predicted molar refractivity (Wildman–Crippen MR) is 93.8 cm³/mol. The van der Waals surface area contributed by atoms with E-state index in [-0.39, 0.29) is 17.8 Å². The van der Waals surface area contributed by atoms with Gasteiger partial charge in [0.1, 0.15) is 5.69 Å². The van der Waals surface area contributed by atoms with Crippen LogP contribution >= 0.6 is 0 Å². The summed E-state index contributed by atoms with van der Waals surface area (Å²) in [6.45, 7) is 6.57. The molecular weight excluding hydrogens is 326 g/mol. The van der Waals surface area contributed by atoms with Gasteiger partial charge in [0.25, 0.3) is 0 Å². The fourth-order valence-corrected chi connectivity index (χ4v) is 3.64. The van der Waals surface area contributed by atoms with Crippen molar-refractivity contribution in [1.29, 1.82) is 0 Å². The molecule has 2 N–H and O–H groups in total. The summed E-state index contributed by atoms with van der Waals surface area (Å²) in [4.78, 5) is 13.3. The topological polar surface area (TPSA) is 118 Å². The van der Waals surface area contributed by atoms with Gasteiger partial charge in [-0.1, -0.05) is 13.8 Å². The summed E-state index contributed by atoms with van der Waals surface area (Å²) in [7, 11) is 0. The zero-order valence-electron chi connectivity index (χ0n) is 14.4. The Morgan fingerprint density at radius 2 is 2.04 bits per heavy atom. The molecule has 0 unspecified atom stereocenters. The van der Waals surface area contributed by atoms with Gasteiger partial charge in [0, 0.05) is 26.2 Å². The van der Waals surface area contributed by atoms with Crippen LogP contribution in [0.15, 0.2) is 10.7 Å². The molecule has 136 valence electrons. The van der Waals surface area contributed by atoms with E-state index in [1.165, 1.54) is 0 Å². The van der Waals surface area contributed by atoms with Crippen LogP contribution in [0, 0.1) is 22.0 Å². The van der Waals surface area contributed by atoms with Crippen molar-refractivity contribution in [2.45, 2.75) is 26.7 Å². The lowest BCUT2D eigenvalue weighted by molar-refractivity contribution is -0.382. The van der Waals surface area contributed by atoms with Gasteiger partial charge in [0.2, 0.25) is 5.52 Å². The Labute approximate surface area is 145 Å². The number of aromatic nitrogens is 2. The lowest BCUT2D eigenvalue weighted by Crippen LogP contribution is -2.38. The summed E-state index contributed by atoms with van der Waals surface area (Å²) in [5.41, 5.74) is 1.60. The standard InChI is InChI=1S/C16H23N5O4/c1-10-6-11(2)9-20(8-10)13-7-12(17-4-3-5-22)16(21(23)24)15-14(13)18-25-19-15/h7,10-11,17,22H,3-6,8-9H2,1-2H3/t10-,11-/m1/s1. The third kappa shape index (κ3) is 3.51. The lowest BCUT2D eigenvalue weighted by atomic mass is 9.91. The van der Waals surface area contributed by atoms with E-state index < -0.39 is 4.92 Å². The van der Waals surface area contributed by atoms with Gasteiger partial charge in [-0.25, -0.2) is 4.63 Å². The average Bonchev–Trinajstić information content (AvgIpc) is 3.02. The van der Waals surface area contributed by atoms with Gasteiger partial charge in [0.05, 0.1) is 10.6 Å². The van der Waals surface area contributed by atoms with Gasteiger partial charge in [0.15, 0.2) is 5.52 Å². The number of piperidine rings is 1. The van der Waals surface area contributed by atoms with Crippen molar-refractivity contribution in [3.8, 4) is 0 Å². The molecule has 2 aromatic rings. The maximum absolute atomic E-state index is 11.6. The summed E-state index contributed by atoms with van der Waals surface area (Å²) < 4.78 is 4.82. The highest BCUT2D eigenvalue weighted by Crippen LogP contribution is 2.40. The zero-order chi connectivity index (χ0) is 18.0. The number of aliphatic hydroxyl groups excluding tert-OH is 1. The Kier molecular flexibility index (Phi) is 5.03. The number of fused-ring (bicyclic) bond motifs is 1. The smallest absolute Gasteiger partial charge is 0.323 e. The fraction of sp³-hybridized carbons (Fsp3) is 0.625. The minimum Gasteiger partial charge on any atom is -0.396 e. The number of nitrogens with one attached hydrogen (secondary N) is 1. The number of aliphatic hydroxyl groups is 1. The Morgan fingerprint density at radius 1 is 1.36 bits per heavy atom. The molecule has 1 saturated heterocycles. The van der Waals surface area contributed by atoms with Crippen molar-refractivity contribution in [3.63, 3.8) is 0 Å². The molecule has 0 spiro atoms. The van der Waals surface area contributed by atoms with Crippen LogP contribution in [0.5, 0.6) is 0 Å². The number of nitro benzene ring substituents is 1. The predicted octanol–water partition coefficient (Wildman–Crippen LogP) is 2.41. The van der Waals surface area contributed by atoms with Gasteiger partial charge in [-0.15, -0.1) is 0 Å². The molecule has 3 rings (SSSR count). The fourth-order valence-electron chi connectivity index (χ4n) is 3.64. The van der Waals surface area contributed by atoms with Crippen molar-refractivity contribution in [2.24, 2.45) is 11.8 Å². The van der Waals surface area contributed by atoms with Crippen molar-refractivity contribution in [1.82, 2.24) is 10.3 Å². The van der Waals surface area contributed by atoms with E-state index in [9.17, 15) is 10.1 Å². The third-order valence-electron chi connectivity index (χ3n) is 4.53. The zero-order valence-corrected chi connectivity index (χ0v) is 14.4. The van der Waals surface area contributed by atoms with E-state index in [1.807, 2.05) is 0 Å². The van der Waals surface area contributed by atoms with Crippen LogP contribution in [-0.2, 0) is 0 Å². The minimum absolute atomic E-state index is 0.0164. The minimum atomic E-state index is -0.473. The number of hydrogen-bond donors (Lipinski definition) is 2. The second-order valence-corrected chi connectivity index (χ2v) is 6.87. The summed E-state index contributed by atoms with van der Waals surface area (Å²) in [6, 6.07) is 1.76. The molecule has 9 nitrogen and oxygen atoms in total. The van der Waals surface area contributed by atoms with E-state index in [0.717, 1.165) is 25.2 Å². The van der Waals surface area contributed by atoms with Crippen LogP contribution in [0.2, 0.25) is 0 Å². The molecule has 2 atom stereocenters.